The van der Waals surface area contributed by atoms with Crippen LogP contribution in [0.2, 0.25) is 0 Å². The summed E-state index contributed by atoms with van der Waals surface area (Å²) in [7, 11) is 1.64. The molecule has 0 radical (unpaired) electrons. The lowest BCUT2D eigenvalue weighted by Gasteiger charge is -2.12. The van der Waals surface area contributed by atoms with Crippen molar-refractivity contribution in [3.63, 3.8) is 0 Å². The molecule has 0 N–H and O–H groups in total. The highest BCUT2D eigenvalue weighted by atomic mass is 79.9. The smallest absolute Gasteiger partial charge is 0.178 e. The zero-order valence-electron chi connectivity index (χ0n) is 7.53. The summed E-state index contributed by atoms with van der Waals surface area (Å²) in [6, 6.07) is 0.167. The van der Waals surface area contributed by atoms with Crippen LogP contribution in [0.5, 0.6) is 0 Å². The highest BCUT2D eigenvalue weighted by Gasteiger charge is 2.10. The van der Waals surface area contributed by atoms with Crippen molar-refractivity contribution < 1.29 is 9.53 Å². The van der Waals surface area contributed by atoms with Crippen LogP contribution in [0.1, 0.15) is 23.5 Å². The number of carbonyl (C=O) groups is 1. The standard InChI is InChI=1S/C8H11BrN2O2/c1-6(5-13-2)11-3-7(4-12)10-8(11)9/h3-4,6H,5H2,1-2H3. The number of aldehydes is 1. The van der Waals surface area contributed by atoms with Crippen molar-refractivity contribution in [1.29, 1.82) is 0 Å². The van der Waals surface area contributed by atoms with Crippen LogP contribution in [0.25, 0.3) is 0 Å². The third-order valence-electron chi connectivity index (χ3n) is 1.71. The predicted octanol–water partition coefficient (Wildman–Crippen LogP) is 1.67. The lowest BCUT2D eigenvalue weighted by Crippen LogP contribution is -2.10. The van der Waals surface area contributed by atoms with Gasteiger partial charge >= 0.3 is 0 Å². The van der Waals surface area contributed by atoms with Crippen LogP contribution in [0, 0.1) is 0 Å². The van der Waals surface area contributed by atoms with Crippen LogP contribution in [0.4, 0.5) is 0 Å². The molecular formula is C8H11BrN2O2. The van der Waals surface area contributed by atoms with Crippen LogP contribution >= 0.6 is 15.9 Å². The van der Waals surface area contributed by atoms with Crippen molar-refractivity contribution in [2.75, 3.05) is 13.7 Å². The summed E-state index contributed by atoms with van der Waals surface area (Å²) in [4.78, 5) is 14.4. The Kier molecular flexibility index (Phi) is 3.62. The van der Waals surface area contributed by atoms with Crippen molar-refractivity contribution in [3.05, 3.63) is 16.6 Å². The van der Waals surface area contributed by atoms with Crippen molar-refractivity contribution >= 4 is 22.2 Å². The van der Waals surface area contributed by atoms with E-state index in [0.29, 0.717) is 17.0 Å². The van der Waals surface area contributed by atoms with Gasteiger partial charge in [-0.2, -0.15) is 0 Å². The second-order valence-corrected chi connectivity index (χ2v) is 3.47. The lowest BCUT2D eigenvalue weighted by molar-refractivity contribution is 0.111. The number of nitrogens with zero attached hydrogens (tertiary/aromatic N) is 2. The van der Waals surface area contributed by atoms with Gasteiger partial charge in [-0.3, -0.25) is 4.79 Å². The highest BCUT2D eigenvalue weighted by Crippen LogP contribution is 2.16. The van der Waals surface area contributed by atoms with Gasteiger partial charge < -0.3 is 9.30 Å². The van der Waals surface area contributed by atoms with Crippen molar-refractivity contribution in [3.8, 4) is 0 Å². The van der Waals surface area contributed by atoms with Gasteiger partial charge in [-0.1, -0.05) is 0 Å². The fourth-order valence-electron chi connectivity index (χ4n) is 1.08. The van der Waals surface area contributed by atoms with Crippen LogP contribution in [-0.4, -0.2) is 29.6 Å². The summed E-state index contributed by atoms with van der Waals surface area (Å²) in [6.07, 6.45) is 2.42. The van der Waals surface area contributed by atoms with Crippen LogP contribution in [0.3, 0.4) is 0 Å². The number of carbonyl (C=O) groups excluding carboxylic acids is 1. The molecule has 0 fully saturated rings. The molecule has 0 saturated heterocycles. The number of aromatic nitrogens is 2. The first-order valence-electron chi connectivity index (χ1n) is 3.87. The lowest BCUT2D eigenvalue weighted by atomic mass is 10.3. The van der Waals surface area contributed by atoms with E-state index in [0.717, 1.165) is 6.29 Å². The summed E-state index contributed by atoms with van der Waals surface area (Å²) in [6.45, 7) is 2.58. The van der Waals surface area contributed by atoms with E-state index in [1.807, 2.05) is 11.5 Å². The molecule has 1 heterocycles. The summed E-state index contributed by atoms with van der Waals surface area (Å²) < 4.78 is 7.50. The Balaban J connectivity index is 2.86. The first-order chi connectivity index (χ1) is 6.19. The summed E-state index contributed by atoms with van der Waals surface area (Å²) >= 11 is 3.27. The van der Waals surface area contributed by atoms with E-state index in [-0.39, 0.29) is 6.04 Å². The highest BCUT2D eigenvalue weighted by molar-refractivity contribution is 9.10. The van der Waals surface area contributed by atoms with Gasteiger partial charge in [-0.15, -0.1) is 0 Å². The van der Waals surface area contributed by atoms with Gasteiger partial charge in [0, 0.05) is 13.3 Å². The third kappa shape index (κ3) is 2.38. The molecule has 1 rings (SSSR count). The minimum atomic E-state index is 0.167. The molecule has 0 aliphatic carbocycles. The molecule has 4 nitrogen and oxygen atoms in total. The molecule has 72 valence electrons. The fourth-order valence-corrected chi connectivity index (χ4v) is 1.73. The molecule has 0 bridgehead atoms. The molecule has 0 aromatic carbocycles. The molecule has 0 aliphatic heterocycles. The van der Waals surface area contributed by atoms with E-state index in [1.165, 1.54) is 0 Å². The molecule has 5 heteroatoms. The topological polar surface area (TPSA) is 44.1 Å². The molecular weight excluding hydrogens is 236 g/mol. The quantitative estimate of drug-likeness (QED) is 0.760. The SMILES string of the molecule is COCC(C)n1cc(C=O)nc1Br. The van der Waals surface area contributed by atoms with Gasteiger partial charge in [0.25, 0.3) is 0 Å². The van der Waals surface area contributed by atoms with E-state index >= 15 is 0 Å². The van der Waals surface area contributed by atoms with Crippen LogP contribution < -0.4 is 0 Å². The molecule has 1 aromatic heterocycles. The Labute approximate surface area is 85.0 Å². The zero-order valence-corrected chi connectivity index (χ0v) is 9.11. The van der Waals surface area contributed by atoms with Crippen LogP contribution in [0.15, 0.2) is 10.9 Å². The Morgan fingerprint density at radius 2 is 2.54 bits per heavy atom. The average Bonchev–Trinajstić information content (AvgIpc) is 2.47. The molecule has 0 spiro atoms. The second kappa shape index (κ2) is 4.53. The Morgan fingerprint density at radius 3 is 3.00 bits per heavy atom. The van der Waals surface area contributed by atoms with Crippen molar-refractivity contribution in [2.24, 2.45) is 0 Å². The van der Waals surface area contributed by atoms with E-state index < -0.39 is 0 Å². The molecule has 0 amide bonds. The van der Waals surface area contributed by atoms with Gasteiger partial charge in [-0.25, -0.2) is 4.98 Å². The number of hydrogen-bond acceptors (Lipinski definition) is 3. The van der Waals surface area contributed by atoms with E-state index in [9.17, 15) is 4.79 Å². The average molecular weight is 247 g/mol. The summed E-state index contributed by atoms with van der Waals surface area (Å²) in [5.41, 5.74) is 0.426. The van der Waals surface area contributed by atoms with Crippen LogP contribution in [-0.2, 0) is 4.74 Å². The van der Waals surface area contributed by atoms with E-state index in [4.69, 9.17) is 4.74 Å². The molecule has 0 saturated carbocycles. The maximum absolute atomic E-state index is 10.4. The molecule has 1 atom stereocenters. The first kappa shape index (κ1) is 10.4. The Bertz CT molecular complexity index is 298. The van der Waals surface area contributed by atoms with Gasteiger partial charge in [0.2, 0.25) is 0 Å². The van der Waals surface area contributed by atoms with E-state index in [1.54, 1.807) is 13.3 Å². The number of methoxy groups -OCH3 is 1. The van der Waals surface area contributed by atoms with Crippen molar-refractivity contribution in [1.82, 2.24) is 9.55 Å². The van der Waals surface area contributed by atoms with E-state index in [2.05, 4.69) is 20.9 Å². The normalized spacial score (nSPS) is 12.8. The molecule has 13 heavy (non-hydrogen) atoms. The minimum absolute atomic E-state index is 0.167. The molecule has 1 unspecified atom stereocenters. The molecule has 1 aromatic rings. The first-order valence-corrected chi connectivity index (χ1v) is 4.66. The maximum atomic E-state index is 10.4. The number of imidazole rings is 1. The monoisotopic (exact) mass is 246 g/mol. The maximum Gasteiger partial charge on any atom is 0.178 e. The Hall–Kier alpha value is -0.680. The minimum Gasteiger partial charge on any atom is -0.383 e. The van der Waals surface area contributed by atoms with Gasteiger partial charge in [0.05, 0.1) is 12.6 Å². The van der Waals surface area contributed by atoms with Gasteiger partial charge in [-0.05, 0) is 22.9 Å². The largest absolute Gasteiger partial charge is 0.383 e. The predicted molar refractivity (Wildman–Crippen MR) is 51.9 cm³/mol. The number of halogens is 1. The fraction of sp³-hybridized carbons (Fsp3) is 0.500. The number of rotatable bonds is 4. The van der Waals surface area contributed by atoms with Gasteiger partial charge in [0.15, 0.2) is 11.0 Å². The number of hydrogen-bond donors (Lipinski definition) is 0. The summed E-state index contributed by atoms with van der Waals surface area (Å²) in [5.74, 6) is 0. The molecule has 0 aliphatic rings. The van der Waals surface area contributed by atoms with Crippen molar-refractivity contribution in [2.45, 2.75) is 13.0 Å². The second-order valence-electron chi connectivity index (χ2n) is 2.76. The zero-order chi connectivity index (χ0) is 9.84. The Morgan fingerprint density at radius 1 is 1.85 bits per heavy atom. The summed E-state index contributed by atoms with van der Waals surface area (Å²) in [5, 5.41) is 0. The van der Waals surface area contributed by atoms with Gasteiger partial charge in [0.1, 0.15) is 5.69 Å². The third-order valence-corrected chi connectivity index (χ3v) is 2.30. The number of ether oxygens (including phenoxy) is 1.